The van der Waals surface area contributed by atoms with Crippen LogP contribution < -0.4 is 9.80 Å². The van der Waals surface area contributed by atoms with Crippen LogP contribution in [0.4, 0.5) is 11.4 Å². The highest BCUT2D eigenvalue weighted by molar-refractivity contribution is 7.99. The monoisotopic (exact) mass is 330 g/mol. The maximum atomic E-state index is 12.3. The van der Waals surface area contributed by atoms with E-state index in [0.717, 1.165) is 37.7 Å². The molecule has 2 saturated heterocycles. The zero-order valence-corrected chi connectivity index (χ0v) is 14.8. The maximum absolute atomic E-state index is 12.3. The molecule has 1 amide bonds. The summed E-state index contributed by atoms with van der Waals surface area (Å²) in [5.41, 5.74) is 3.98. The molecule has 1 atom stereocenters. The van der Waals surface area contributed by atoms with Crippen LogP contribution in [0.25, 0.3) is 0 Å². The van der Waals surface area contributed by atoms with Gasteiger partial charge >= 0.3 is 0 Å². The van der Waals surface area contributed by atoms with Gasteiger partial charge < -0.3 is 9.80 Å². The van der Waals surface area contributed by atoms with Crippen molar-refractivity contribution in [2.45, 2.75) is 49.7 Å². The van der Waals surface area contributed by atoms with Crippen molar-refractivity contribution in [1.29, 1.82) is 0 Å². The molecule has 0 N–H and O–H groups in total. The fourth-order valence-electron chi connectivity index (χ4n) is 3.92. The molecule has 0 radical (unpaired) electrons. The number of piperidine rings is 1. The summed E-state index contributed by atoms with van der Waals surface area (Å²) in [4.78, 5) is 16.9. The van der Waals surface area contributed by atoms with Crippen molar-refractivity contribution in [3.05, 3.63) is 23.8 Å². The lowest BCUT2D eigenvalue weighted by molar-refractivity contribution is -0.119. The predicted molar refractivity (Wildman–Crippen MR) is 98.8 cm³/mol. The molecular weight excluding hydrogens is 304 g/mol. The Bertz CT molecular complexity index is 599. The van der Waals surface area contributed by atoms with E-state index in [-0.39, 0.29) is 0 Å². The van der Waals surface area contributed by atoms with E-state index in [1.165, 1.54) is 36.2 Å². The number of nitrogens with zero attached hydrogens (tertiary/aromatic N) is 2. The van der Waals surface area contributed by atoms with E-state index in [2.05, 4.69) is 34.3 Å². The molecule has 1 aromatic rings. The van der Waals surface area contributed by atoms with Crippen molar-refractivity contribution < 1.29 is 4.79 Å². The Morgan fingerprint density at radius 3 is 2.70 bits per heavy atom. The van der Waals surface area contributed by atoms with Crippen molar-refractivity contribution in [3.63, 3.8) is 0 Å². The molecule has 0 spiro atoms. The maximum Gasteiger partial charge on any atom is 0.226 e. The van der Waals surface area contributed by atoms with Crippen LogP contribution in [-0.4, -0.2) is 37.0 Å². The molecule has 1 aliphatic carbocycles. The van der Waals surface area contributed by atoms with Crippen molar-refractivity contribution in [3.8, 4) is 0 Å². The quantitative estimate of drug-likeness (QED) is 0.833. The van der Waals surface area contributed by atoms with Gasteiger partial charge in [0.2, 0.25) is 5.91 Å². The molecule has 3 aliphatic rings. The lowest BCUT2D eigenvalue weighted by Gasteiger charge is -2.30. The Morgan fingerprint density at radius 1 is 1.13 bits per heavy atom. The second kappa shape index (κ2) is 6.39. The molecule has 2 heterocycles. The lowest BCUT2D eigenvalue weighted by Crippen LogP contribution is -2.35. The van der Waals surface area contributed by atoms with E-state index in [1.54, 1.807) is 0 Å². The highest BCUT2D eigenvalue weighted by Gasteiger charge is 2.31. The zero-order chi connectivity index (χ0) is 15.8. The lowest BCUT2D eigenvalue weighted by atomic mass is 10.0. The van der Waals surface area contributed by atoms with E-state index < -0.39 is 0 Å². The van der Waals surface area contributed by atoms with Crippen molar-refractivity contribution in [2.24, 2.45) is 0 Å². The number of hydrogen-bond donors (Lipinski definition) is 0. The second-order valence-electron chi connectivity index (χ2n) is 7.11. The molecule has 23 heavy (non-hydrogen) atoms. The normalized spacial score (nSPS) is 25.3. The summed E-state index contributed by atoms with van der Waals surface area (Å²) in [5, 5.41) is 0.766. The van der Waals surface area contributed by atoms with E-state index >= 15 is 0 Å². The van der Waals surface area contributed by atoms with Crippen LogP contribution in [0.1, 0.15) is 50.0 Å². The second-order valence-corrected chi connectivity index (χ2v) is 8.25. The minimum absolute atomic E-state index is 0.314. The van der Waals surface area contributed by atoms with Crippen molar-refractivity contribution >= 4 is 29.0 Å². The summed E-state index contributed by atoms with van der Waals surface area (Å²) >= 11 is 1.99. The van der Waals surface area contributed by atoms with E-state index in [1.807, 2.05) is 11.8 Å². The molecule has 1 saturated carbocycles. The molecule has 2 aliphatic heterocycles. The average molecular weight is 330 g/mol. The highest BCUT2D eigenvalue weighted by Crippen LogP contribution is 2.46. The van der Waals surface area contributed by atoms with Crippen LogP contribution in [0.2, 0.25) is 0 Å². The number of anilines is 2. The third-order valence-electron chi connectivity index (χ3n) is 5.49. The smallest absolute Gasteiger partial charge is 0.226 e. The highest BCUT2D eigenvalue weighted by atomic mass is 32.2. The van der Waals surface area contributed by atoms with Gasteiger partial charge in [-0.2, -0.15) is 11.8 Å². The van der Waals surface area contributed by atoms with Gasteiger partial charge in [0.25, 0.3) is 0 Å². The first-order valence-electron chi connectivity index (χ1n) is 8.98. The molecule has 4 rings (SSSR count). The number of thioether (sulfide) groups is 1. The summed E-state index contributed by atoms with van der Waals surface area (Å²) in [6, 6.07) is 6.85. The standard InChI is InChI=1S/C19H26N2OS/c1-23-16-9-11-20(13-16)15-7-8-18(17(12-15)14-5-6-14)21-10-3-2-4-19(21)22/h7-8,12,14,16H,2-6,9-11,13H2,1H3. The van der Waals surface area contributed by atoms with Gasteiger partial charge in [-0.05, 0) is 68.0 Å². The first-order chi connectivity index (χ1) is 11.3. The number of amides is 1. The van der Waals surface area contributed by atoms with E-state index in [9.17, 15) is 4.79 Å². The Hall–Kier alpha value is -1.16. The summed E-state index contributed by atoms with van der Waals surface area (Å²) < 4.78 is 0. The number of rotatable bonds is 4. The summed E-state index contributed by atoms with van der Waals surface area (Å²) in [6.07, 6.45) is 8.97. The van der Waals surface area contributed by atoms with Crippen LogP contribution in [0.15, 0.2) is 18.2 Å². The number of carbonyl (C=O) groups excluding carboxylic acids is 1. The Morgan fingerprint density at radius 2 is 2.00 bits per heavy atom. The number of hydrogen-bond acceptors (Lipinski definition) is 3. The van der Waals surface area contributed by atoms with Crippen LogP contribution in [-0.2, 0) is 4.79 Å². The fourth-order valence-corrected chi connectivity index (χ4v) is 4.59. The first-order valence-corrected chi connectivity index (χ1v) is 10.3. The van der Waals surface area contributed by atoms with Crippen LogP contribution >= 0.6 is 11.8 Å². The minimum Gasteiger partial charge on any atom is -0.370 e. The topological polar surface area (TPSA) is 23.6 Å². The van der Waals surface area contributed by atoms with Gasteiger partial charge in [0.15, 0.2) is 0 Å². The third kappa shape index (κ3) is 3.10. The van der Waals surface area contributed by atoms with Crippen molar-refractivity contribution in [1.82, 2.24) is 0 Å². The van der Waals surface area contributed by atoms with Gasteiger partial charge in [0, 0.05) is 42.7 Å². The van der Waals surface area contributed by atoms with Crippen LogP contribution in [0.3, 0.4) is 0 Å². The van der Waals surface area contributed by atoms with Gasteiger partial charge in [-0.1, -0.05) is 0 Å². The molecule has 124 valence electrons. The largest absolute Gasteiger partial charge is 0.370 e. The Kier molecular flexibility index (Phi) is 4.27. The number of carbonyl (C=O) groups is 1. The molecule has 1 unspecified atom stereocenters. The fraction of sp³-hybridized carbons (Fsp3) is 0.632. The minimum atomic E-state index is 0.314. The first kappa shape index (κ1) is 15.4. The molecule has 3 fully saturated rings. The van der Waals surface area contributed by atoms with Gasteiger partial charge in [0.05, 0.1) is 0 Å². The van der Waals surface area contributed by atoms with Gasteiger partial charge in [-0.25, -0.2) is 0 Å². The van der Waals surface area contributed by atoms with Crippen LogP contribution in [0.5, 0.6) is 0 Å². The molecular formula is C19H26N2OS. The van der Waals surface area contributed by atoms with Crippen molar-refractivity contribution in [2.75, 3.05) is 35.7 Å². The van der Waals surface area contributed by atoms with Gasteiger partial charge in [0.1, 0.15) is 0 Å². The summed E-state index contributed by atoms with van der Waals surface area (Å²) in [6.45, 7) is 3.22. The summed E-state index contributed by atoms with van der Waals surface area (Å²) in [7, 11) is 0. The van der Waals surface area contributed by atoms with E-state index in [4.69, 9.17) is 0 Å². The molecule has 1 aromatic carbocycles. The Balaban J connectivity index is 1.62. The zero-order valence-electron chi connectivity index (χ0n) is 14.0. The molecule has 0 aromatic heterocycles. The van der Waals surface area contributed by atoms with Crippen LogP contribution in [0, 0.1) is 0 Å². The predicted octanol–water partition coefficient (Wildman–Crippen LogP) is 4.02. The third-order valence-corrected chi connectivity index (χ3v) is 6.54. The van der Waals surface area contributed by atoms with Gasteiger partial charge in [-0.15, -0.1) is 0 Å². The average Bonchev–Trinajstić information content (AvgIpc) is 3.32. The summed E-state index contributed by atoms with van der Waals surface area (Å²) in [5.74, 6) is 0.994. The van der Waals surface area contributed by atoms with Gasteiger partial charge in [-0.3, -0.25) is 4.79 Å². The van der Waals surface area contributed by atoms with E-state index in [0.29, 0.717) is 18.2 Å². The molecule has 3 nitrogen and oxygen atoms in total. The SMILES string of the molecule is CSC1CCN(c2ccc(N3CCCCC3=O)c(C3CC3)c2)C1. The Labute approximate surface area is 143 Å². The molecule has 4 heteroatoms. The number of benzene rings is 1. The molecule has 0 bridgehead atoms.